The van der Waals surface area contributed by atoms with E-state index in [-0.39, 0.29) is 5.54 Å². The molecule has 110 valence electrons. The quantitative estimate of drug-likeness (QED) is 0.802. The smallest absolute Gasteiger partial charge is 0.109 e. The molecule has 0 aromatic rings. The molecule has 2 unspecified atom stereocenters. The first-order chi connectivity index (χ1) is 8.89. The minimum absolute atomic E-state index is 0.303. The largest absolute Gasteiger partial charge is 0.303 e. The Labute approximate surface area is 119 Å². The SMILES string of the molecule is CCN(CC)CCNC1(C#N)CCC(C)(C)CC1C. The van der Waals surface area contributed by atoms with Gasteiger partial charge in [0.05, 0.1) is 6.07 Å². The van der Waals surface area contributed by atoms with Gasteiger partial charge in [0.2, 0.25) is 0 Å². The number of nitrogens with zero attached hydrogens (tertiary/aromatic N) is 2. The van der Waals surface area contributed by atoms with Gasteiger partial charge in [-0.3, -0.25) is 5.32 Å². The maximum Gasteiger partial charge on any atom is 0.109 e. The Kier molecular flexibility index (Phi) is 5.82. The highest BCUT2D eigenvalue weighted by Gasteiger charge is 2.43. The van der Waals surface area contributed by atoms with E-state index in [0.29, 0.717) is 11.3 Å². The maximum absolute atomic E-state index is 9.64. The lowest BCUT2D eigenvalue weighted by molar-refractivity contribution is 0.107. The second kappa shape index (κ2) is 6.72. The summed E-state index contributed by atoms with van der Waals surface area (Å²) >= 11 is 0. The molecule has 0 radical (unpaired) electrons. The Morgan fingerprint density at radius 2 is 1.89 bits per heavy atom. The van der Waals surface area contributed by atoms with E-state index in [9.17, 15) is 5.26 Å². The topological polar surface area (TPSA) is 39.1 Å². The van der Waals surface area contributed by atoms with Crippen LogP contribution in [0.25, 0.3) is 0 Å². The molecule has 1 aliphatic carbocycles. The number of likely N-dealkylation sites (N-methyl/N-ethyl adjacent to an activating group) is 1. The number of hydrogen-bond donors (Lipinski definition) is 1. The molecule has 0 bridgehead atoms. The molecule has 0 amide bonds. The van der Waals surface area contributed by atoms with Crippen molar-refractivity contribution in [2.24, 2.45) is 11.3 Å². The van der Waals surface area contributed by atoms with Crippen LogP contribution in [-0.4, -0.2) is 36.6 Å². The van der Waals surface area contributed by atoms with E-state index in [1.807, 2.05) is 0 Å². The average molecular weight is 265 g/mol. The van der Waals surface area contributed by atoms with Gasteiger partial charge in [0.15, 0.2) is 0 Å². The molecule has 1 fully saturated rings. The Hall–Kier alpha value is -0.590. The minimum atomic E-state index is -0.303. The van der Waals surface area contributed by atoms with Gasteiger partial charge in [-0.1, -0.05) is 34.6 Å². The number of nitrogens with one attached hydrogen (secondary N) is 1. The van der Waals surface area contributed by atoms with Crippen LogP contribution in [0.3, 0.4) is 0 Å². The van der Waals surface area contributed by atoms with Crippen molar-refractivity contribution in [3.8, 4) is 6.07 Å². The average Bonchev–Trinajstić information content (AvgIpc) is 2.37. The zero-order chi connectivity index (χ0) is 14.5. The Bertz CT molecular complexity index is 314. The molecular formula is C16H31N3. The summed E-state index contributed by atoms with van der Waals surface area (Å²) in [4.78, 5) is 2.40. The van der Waals surface area contributed by atoms with Gasteiger partial charge in [-0.2, -0.15) is 5.26 Å². The highest BCUT2D eigenvalue weighted by atomic mass is 15.1. The van der Waals surface area contributed by atoms with Gasteiger partial charge in [-0.05, 0) is 43.7 Å². The number of hydrogen-bond acceptors (Lipinski definition) is 3. The van der Waals surface area contributed by atoms with Crippen molar-refractivity contribution < 1.29 is 0 Å². The Morgan fingerprint density at radius 1 is 1.26 bits per heavy atom. The monoisotopic (exact) mass is 265 g/mol. The van der Waals surface area contributed by atoms with Crippen LogP contribution in [0.4, 0.5) is 0 Å². The molecule has 1 aliphatic rings. The zero-order valence-electron chi connectivity index (χ0n) is 13.4. The molecule has 0 heterocycles. The van der Waals surface area contributed by atoms with Crippen LogP contribution in [0, 0.1) is 22.7 Å². The molecule has 3 heteroatoms. The third-order valence-electron chi connectivity index (χ3n) is 4.86. The summed E-state index contributed by atoms with van der Waals surface area (Å²) in [5, 5.41) is 13.2. The summed E-state index contributed by atoms with van der Waals surface area (Å²) in [6.45, 7) is 15.4. The van der Waals surface area contributed by atoms with Gasteiger partial charge in [0, 0.05) is 13.1 Å². The third kappa shape index (κ3) is 4.19. The standard InChI is InChI=1S/C16H31N3/c1-6-19(7-2)11-10-18-16(13-17)9-8-15(4,5)12-14(16)3/h14,18H,6-12H2,1-5H3. The van der Waals surface area contributed by atoms with E-state index in [1.54, 1.807) is 0 Å². The van der Waals surface area contributed by atoms with Crippen molar-refractivity contribution in [2.75, 3.05) is 26.2 Å². The van der Waals surface area contributed by atoms with Crippen molar-refractivity contribution in [1.29, 1.82) is 5.26 Å². The summed E-state index contributed by atoms with van der Waals surface area (Å²) < 4.78 is 0. The molecule has 0 aliphatic heterocycles. The lowest BCUT2D eigenvalue weighted by atomic mass is 9.64. The van der Waals surface area contributed by atoms with Crippen LogP contribution >= 0.6 is 0 Å². The van der Waals surface area contributed by atoms with E-state index >= 15 is 0 Å². The van der Waals surface area contributed by atoms with E-state index < -0.39 is 0 Å². The molecule has 1 saturated carbocycles. The molecule has 2 atom stereocenters. The summed E-state index contributed by atoms with van der Waals surface area (Å²) in [5.41, 5.74) is 0.0863. The van der Waals surface area contributed by atoms with Gasteiger partial charge < -0.3 is 4.90 Å². The fourth-order valence-electron chi connectivity index (χ4n) is 3.33. The molecule has 1 N–H and O–H groups in total. The summed E-state index contributed by atoms with van der Waals surface area (Å²) in [7, 11) is 0. The van der Waals surface area contributed by atoms with Crippen molar-refractivity contribution in [3.05, 3.63) is 0 Å². The van der Waals surface area contributed by atoms with Crippen molar-refractivity contribution in [3.63, 3.8) is 0 Å². The highest BCUT2D eigenvalue weighted by Crippen LogP contribution is 2.43. The molecule has 3 nitrogen and oxygen atoms in total. The fourth-order valence-corrected chi connectivity index (χ4v) is 3.33. The van der Waals surface area contributed by atoms with Gasteiger partial charge in [0.25, 0.3) is 0 Å². The second-order valence-electron chi connectivity index (χ2n) is 6.81. The Morgan fingerprint density at radius 3 is 2.37 bits per heavy atom. The molecule has 0 spiro atoms. The maximum atomic E-state index is 9.64. The predicted octanol–water partition coefficient (Wildman–Crippen LogP) is 3.03. The highest BCUT2D eigenvalue weighted by molar-refractivity contribution is 5.13. The summed E-state index contributed by atoms with van der Waals surface area (Å²) in [6.07, 6.45) is 3.26. The lowest BCUT2D eigenvalue weighted by Gasteiger charge is -2.45. The van der Waals surface area contributed by atoms with Crippen LogP contribution in [0.2, 0.25) is 0 Å². The first kappa shape index (κ1) is 16.5. The normalized spacial score (nSPS) is 30.3. The second-order valence-corrected chi connectivity index (χ2v) is 6.81. The van der Waals surface area contributed by atoms with E-state index in [2.05, 4.69) is 50.9 Å². The van der Waals surface area contributed by atoms with Crippen LogP contribution in [-0.2, 0) is 0 Å². The Balaban J connectivity index is 2.55. The van der Waals surface area contributed by atoms with Gasteiger partial charge in [-0.25, -0.2) is 0 Å². The summed E-state index contributed by atoms with van der Waals surface area (Å²) in [5.74, 6) is 0.429. The van der Waals surface area contributed by atoms with Gasteiger partial charge in [0.1, 0.15) is 5.54 Å². The molecule has 0 saturated heterocycles. The molecular weight excluding hydrogens is 234 g/mol. The fraction of sp³-hybridized carbons (Fsp3) is 0.938. The molecule has 19 heavy (non-hydrogen) atoms. The van der Waals surface area contributed by atoms with Gasteiger partial charge >= 0.3 is 0 Å². The minimum Gasteiger partial charge on any atom is -0.303 e. The van der Waals surface area contributed by atoms with Crippen LogP contribution in [0.5, 0.6) is 0 Å². The number of rotatable bonds is 6. The van der Waals surface area contributed by atoms with E-state index in [4.69, 9.17) is 0 Å². The first-order valence-corrected chi connectivity index (χ1v) is 7.77. The van der Waals surface area contributed by atoms with E-state index in [0.717, 1.165) is 45.4 Å². The van der Waals surface area contributed by atoms with Crippen molar-refractivity contribution in [2.45, 2.75) is 59.4 Å². The zero-order valence-corrected chi connectivity index (χ0v) is 13.4. The molecule has 0 aromatic carbocycles. The lowest BCUT2D eigenvalue weighted by Crippen LogP contribution is -2.55. The third-order valence-corrected chi connectivity index (χ3v) is 4.86. The van der Waals surface area contributed by atoms with Crippen LogP contribution in [0.1, 0.15) is 53.9 Å². The van der Waals surface area contributed by atoms with Crippen molar-refractivity contribution in [1.82, 2.24) is 10.2 Å². The van der Waals surface area contributed by atoms with E-state index in [1.165, 1.54) is 0 Å². The first-order valence-electron chi connectivity index (χ1n) is 7.77. The van der Waals surface area contributed by atoms with Crippen LogP contribution in [0.15, 0.2) is 0 Å². The van der Waals surface area contributed by atoms with Crippen molar-refractivity contribution >= 4 is 0 Å². The summed E-state index contributed by atoms with van der Waals surface area (Å²) in [6, 6.07) is 2.59. The predicted molar refractivity (Wildman–Crippen MR) is 80.9 cm³/mol. The molecule has 0 aromatic heterocycles. The number of nitriles is 1. The molecule has 1 rings (SSSR count). The van der Waals surface area contributed by atoms with Gasteiger partial charge in [-0.15, -0.1) is 0 Å². The van der Waals surface area contributed by atoms with Crippen LogP contribution < -0.4 is 5.32 Å².